The molecule has 0 bridgehead atoms. The van der Waals surface area contributed by atoms with Crippen molar-refractivity contribution >= 4 is 0 Å². The van der Waals surface area contributed by atoms with Crippen LogP contribution in [-0.4, -0.2) is 31.9 Å². The summed E-state index contributed by atoms with van der Waals surface area (Å²) >= 11 is 0. The highest BCUT2D eigenvalue weighted by Gasteiger charge is 2.09. The van der Waals surface area contributed by atoms with Crippen LogP contribution in [-0.2, 0) is 11.2 Å². The highest BCUT2D eigenvalue weighted by Crippen LogP contribution is 2.16. The molecule has 120 valence electrons. The number of methoxy groups -OCH3 is 1. The Morgan fingerprint density at radius 3 is 2.38 bits per heavy atom. The van der Waals surface area contributed by atoms with Gasteiger partial charge in [-0.1, -0.05) is 12.1 Å². The Kier molecular flexibility index (Phi) is 7.76. The molecule has 1 rings (SSSR count). The summed E-state index contributed by atoms with van der Waals surface area (Å²) in [6.45, 7) is 10.5. The lowest BCUT2D eigenvalue weighted by molar-refractivity contribution is 0.201. The van der Waals surface area contributed by atoms with E-state index in [9.17, 15) is 0 Å². The molecule has 0 saturated carbocycles. The van der Waals surface area contributed by atoms with Gasteiger partial charge in [0.05, 0.1) is 12.7 Å². The zero-order chi connectivity index (χ0) is 15.7. The Morgan fingerprint density at radius 1 is 1.14 bits per heavy atom. The Labute approximate surface area is 130 Å². The van der Waals surface area contributed by atoms with Crippen LogP contribution < -0.4 is 10.1 Å². The van der Waals surface area contributed by atoms with E-state index >= 15 is 0 Å². The Morgan fingerprint density at radius 2 is 1.81 bits per heavy atom. The molecular formula is C18H31NO2. The van der Waals surface area contributed by atoms with E-state index < -0.39 is 0 Å². The van der Waals surface area contributed by atoms with Crippen molar-refractivity contribution < 1.29 is 9.47 Å². The topological polar surface area (TPSA) is 30.5 Å². The predicted octanol–water partition coefficient (Wildman–Crippen LogP) is 3.81. The van der Waals surface area contributed by atoms with Crippen molar-refractivity contribution in [2.24, 2.45) is 0 Å². The van der Waals surface area contributed by atoms with E-state index in [1.165, 1.54) is 5.56 Å². The molecule has 1 unspecified atom stereocenters. The fraction of sp³-hybridized carbons (Fsp3) is 0.667. The van der Waals surface area contributed by atoms with E-state index in [0.717, 1.165) is 38.2 Å². The summed E-state index contributed by atoms with van der Waals surface area (Å²) in [6, 6.07) is 8.33. The molecule has 0 aromatic heterocycles. The van der Waals surface area contributed by atoms with Crippen molar-refractivity contribution in [3.05, 3.63) is 29.8 Å². The third kappa shape index (κ3) is 8.74. The third-order valence-electron chi connectivity index (χ3n) is 3.30. The first kappa shape index (κ1) is 18.0. The van der Waals surface area contributed by atoms with Gasteiger partial charge in [-0.2, -0.15) is 0 Å². The highest BCUT2D eigenvalue weighted by atomic mass is 16.5. The molecular weight excluding hydrogens is 262 g/mol. The quantitative estimate of drug-likeness (QED) is 0.702. The zero-order valence-electron chi connectivity index (χ0n) is 14.2. The summed E-state index contributed by atoms with van der Waals surface area (Å²) in [7, 11) is 1.73. The van der Waals surface area contributed by atoms with Gasteiger partial charge in [0.15, 0.2) is 0 Å². The molecule has 0 amide bonds. The SMILES string of the molecule is COCCc1ccc(OC(C)CCCNC(C)(C)C)cc1. The van der Waals surface area contributed by atoms with E-state index in [-0.39, 0.29) is 11.6 Å². The van der Waals surface area contributed by atoms with Gasteiger partial charge >= 0.3 is 0 Å². The highest BCUT2D eigenvalue weighted by molar-refractivity contribution is 5.27. The minimum absolute atomic E-state index is 0.197. The first-order valence-electron chi connectivity index (χ1n) is 7.90. The number of ether oxygens (including phenoxy) is 2. The second-order valence-corrected chi connectivity index (χ2v) is 6.63. The van der Waals surface area contributed by atoms with Crippen LogP contribution in [0.15, 0.2) is 24.3 Å². The molecule has 1 aromatic rings. The van der Waals surface area contributed by atoms with Crippen LogP contribution in [0.25, 0.3) is 0 Å². The second kappa shape index (κ2) is 9.06. The van der Waals surface area contributed by atoms with Gasteiger partial charge in [-0.05, 0) is 71.2 Å². The number of benzene rings is 1. The molecule has 0 aliphatic rings. The standard InChI is InChI=1S/C18H31NO2/c1-15(7-6-13-19-18(2,3)4)21-17-10-8-16(9-11-17)12-14-20-5/h8-11,15,19H,6-7,12-14H2,1-5H3. The lowest BCUT2D eigenvalue weighted by Crippen LogP contribution is -2.36. The van der Waals surface area contributed by atoms with Crippen molar-refractivity contribution in [1.29, 1.82) is 0 Å². The van der Waals surface area contributed by atoms with Gasteiger partial charge in [-0.3, -0.25) is 0 Å². The van der Waals surface area contributed by atoms with Gasteiger partial charge < -0.3 is 14.8 Å². The van der Waals surface area contributed by atoms with Crippen LogP contribution in [0.3, 0.4) is 0 Å². The first-order valence-corrected chi connectivity index (χ1v) is 7.90. The lowest BCUT2D eigenvalue weighted by Gasteiger charge is -2.21. The van der Waals surface area contributed by atoms with Gasteiger partial charge in [-0.25, -0.2) is 0 Å². The molecule has 3 heteroatoms. The maximum absolute atomic E-state index is 5.95. The molecule has 1 N–H and O–H groups in total. The van der Waals surface area contributed by atoms with Crippen molar-refractivity contribution in [3.63, 3.8) is 0 Å². The van der Waals surface area contributed by atoms with Gasteiger partial charge in [0, 0.05) is 12.6 Å². The molecule has 0 heterocycles. The van der Waals surface area contributed by atoms with Crippen LogP contribution in [0.5, 0.6) is 5.75 Å². The molecule has 0 spiro atoms. The maximum atomic E-state index is 5.95. The van der Waals surface area contributed by atoms with Gasteiger partial charge in [0.2, 0.25) is 0 Å². The lowest BCUT2D eigenvalue weighted by atomic mass is 10.1. The van der Waals surface area contributed by atoms with Crippen molar-refractivity contribution in [3.8, 4) is 5.75 Å². The average Bonchev–Trinajstić information content (AvgIpc) is 2.42. The van der Waals surface area contributed by atoms with Crippen LogP contribution >= 0.6 is 0 Å². The third-order valence-corrected chi connectivity index (χ3v) is 3.30. The second-order valence-electron chi connectivity index (χ2n) is 6.63. The molecule has 3 nitrogen and oxygen atoms in total. The molecule has 1 aromatic carbocycles. The fourth-order valence-corrected chi connectivity index (χ4v) is 2.10. The molecule has 0 radical (unpaired) electrons. The average molecular weight is 293 g/mol. The monoisotopic (exact) mass is 293 g/mol. The Hall–Kier alpha value is -1.06. The normalized spacial score (nSPS) is 13.2. The Balaban J connectivity index is 2.26. The molecule has 0 aliphatic carbocycles. The molecule has 0 saturated heterocycles. The minimum Gasteiger partial charge on any atom is -0.491 e. The summed E-state index contributed by atoms with van der Waals surface area (Å²) in [4.78, 5) is 0. The predicted molar refractivity (Wildman–Crippen MR) is 89.1 cm³/mol. The number of nitrogens with one attached hydrogen (secondary N) is 1. The van der Waals surface area contributed by atoms with Crippen LogP contribution in [0.2, 0.25) is 0 Å². The smallest absolute Gasteiger partial charge is 0.119 e. The Bertz CT molecular complexity index is 381. The summed E-state index contributed by atoms with van der Waals surface area (Å²) in [6.07, 6.45) is 3.39. The van der Waals surface area contributed by atoms with Gasteiger partial charge in [0.1, 0.15) is 5.75 Å². The number of hydrogen-bond donors (Lipinski definition) is 1. The fourth-order valence-electron chi connectivity index (χ4n) is 2.10. The van der Waals surface area contributed by atoms with Crippen molar-refractivity contribution in [2.45, 2.75) is 58.6 Å². The van der Waals surface area contributed by atoms with Gasteiger partial charge in [0.25, 0.3) is 0 Å². The van der Waals surface area contributed by atoms with Crippen molar-refractivity contribution in [1.82, 2.24) is 5.32 Å². The van der Waals surface area contributed by atoms with Crippen LogP contribution in [0.4, 0.5) is 0 Å². The number of rotatable bonds is 9. The first-order chi connectivity index (χ1) is 9.90. The van der Waals surface area contributed by atoms with E-state index in [0.29, 0.717) is 0 Å². The van der Waals surface area contributed by atoms with Crippen LogP contribution in [0.1, 0.15) is 46.1 Å². The molecule has 1 atom stereocenters. The minimum atomic E-state index is 0.197. The van der Waals surface area contributed by atoms with Gasteiger partial charge in [-0.15, -0.1) is 0 Å². The summed E-state index contributed by atoms with van der Waals surface area (Å²) in [5, 5.41) is 3.50. The molecule has 0 aliphatic heterocycles. The summed E-state index contributed by atoms with van der Waals surface area (Å²) < 4.78 is 11.0. The van der Waals surface area contributed by atoms with E-state index in [1.54, 1.807) is 7.11 Å². The number of hydrogen-bond acceptors (Lipinski definition) is 3. The van der Waals surface area contributed by atoms with E-state index in [4.69, 9.17) is 9.47 Å². The zero-order valence-corrected chi connectivity index (χ0v) is 14.2. The van der Waals surface area contributed by atoms with Crippen molar-refractivity contribution in [2.75, 3.05) is 20.3 Å². The van der Waals surface area contributed by atoms with E-state index in [1.807, 2.05) is 0 Å². The van der Waals surface area contributed by atoms with E-state index in [2.05, 4.69) is 57.3 Å². The maximum Gasteiger partial charge on any atom is 0.119 e. The van der Waals surface area contributed by atoms with Crippen LogP contribution in [0, 0.1) is 0 Å². The largest absolute Gasteiger partial charge is 0.491 e. The molecule has 0 fully saturated rings. The summed E-state index contributed by atoms with van der Waals surface area (Å²) in [5.74, 6) is 0.951. The molecule has 21 heavy (non-hydrogen) atoms. The summed E-state index contributed by atoms with van der Waals surface area (Å²) in [5.41, 5.74) is 1.48.